The lowest BCUT2D eigenvalue weighted by Crippen LogP contribution is -2.10. The van der Waals surface area contributed by atoms with Crippen LogP contribution < -0.4 is 0 Å². The van der Waals surface area contributed by atoms with Crippen LogP contribution in [0.15, 0.2) is 30.6 Å². The van der Waals surface area contributed by atoms with Gasteiger partial charge in [0.25, 0.3) is 0 Å². The molecule has 0 bridgehead atoms. The molecule has 0 unspecified atom stereocenters. The Balaban J connectivity index is 2.16. The molecule has 3 heteroatoms. The number of hydrogen-bond acceptors (Lipinski definition) is 2. The first-order valence-corrected chi connectivity index (χ1v) is 6.72. The van der Waals surface area contributed by atoms with Crippen LogP contribution in [0.3, 0.4) is 0 Å². The number of rotatable bonds is 5. The fraction of sp³-hybridized carbons (Fsp3) is 0.375. The largest absolute Gasteiger partial charge is 0.335 e. The van der Waals surface area contributed by atoms with Crippen LogP contribution in [-0.2, 0) is 13.0 Å². The number of Topliss-reactive ketones (excluding diaryl/α,β-unsaturated/α-hetero) is 1. The lowest BCUT2D eigenvalue weighted by atomic mass is 10.0. The first kappa shape index (κ1) is 13.5. The average Bonchev–Trinajstić information content (AvgIpc) is 2.80. The van der Waals surface area contributed by atoms with Crippen LogP contribution in [-0.4, -0.2) is 15.3 Å². The highest BCUT2D eigenvalue weighted by Gasteiger charge is 2.11. The molecule has 0 atom stereocenters. The molecule has 0 saturated heterocycles. The first-order valence-electron chi connectivity index (χ1n) is 6.72. The van der Waals surface area contributed by atoms with Gasteiger partial charge in [0.1, 0.15) is 5.82 Å². The molecular weight excluding hydrogens is 236 g/mol. The van der Waals surface area contributed by atoms with Gasteiger partial charge >= 0.3 is 0 Å². The second-order valence-corrected chi connectivity index (χ2v) is 4.94. The number of imidazole rings is 1. The quantitative estimate of drug-likeness (QED) is 0.769. The second-order valence-electron chi connectivity index (χ2n) is 4.94. The van der Waals surface area contributed by atoms with Crippen molar-refractivity contribution in [1.82, 2.24) is 9.55 Å². The van der Waals surface area contributed by atoms with Crippen molar-refractivity contribution in [2.24, 2.45) is 0 Å². The van der Waals surface area contributed by atoms with E-state index in [9.17, 15) is 4.79 Å². The molecule has 1 heterocycles. The van der Waals surface area contributed by atoms with Crippen molar-refractivity contribution in [2.45, 2.75) is 40.2 Å². The standard InChI is InChI=1S/C16H20N2O/c1-4-8-18-9-7-17-16(18)11-15(19)14-6-5-12(2)13(3)10-14/h5-7,9-10H,4,8,11H2,1-3H3. The predicted octanol–water partition coefficient (Wildman–Crippen LogP) is 3.34. The molecule has 19 heavy (non-hydrogen) atoms. The molecule has 0 fully saturated rings. The van der Waals surface area contributed by atoms with Gasteiger partial charge in [-0.2, -0.15) is 0 Å². The minimum atomic E-state index is 0.131. The van der Waals surface area contributed by atoms with E-state index in [0.717, 1.165) is 29.9 Å². The first-order chi connectivity index (χ1) is 9.11. The average molecular weight is 256 g/mol. The van der Waals surface area contributed by atoms with E-state index < -0.39 is 0 Å². The van der Waals surface area contributed by atoms with E-state index in [-0.39, 0.29) is 5.78 Å². The molecule has 2 aromatic rings. The molecule has 0 amide bonds. The minimum absolute atomic E-state index is 0.131. The van der Waals surface area contributed by atoms with Gasteiger partial charge < -0.3 is 4.57 Å². The Labute approximate surface area is 114 Å². The van der Waals surface area contributed by atoms with Crippen LogP contribution in [0.1, 0.15) is 40.7 Å². The van der Waals surface area contributed by atoms with Crippen molar-refractivity contribution in [3.8, 4) is 0 Å². The summed E-state index contributed by atoms with van der Waals surface area (Å²) in [4.78, 5) is 16.6. The molecule has 1 aromatic carbocycles. The normalized spacial score (nSPS) is 10.7. The smallest absolute Gasteiger partial charge is 0.170 e. The van der Waals surface area contributed by atoms with Crippen LogP contribution in [0.25, 0.3) is 0 Å². The molecule has 0 aliphatic heterocycles. The number of hydrogen-bond donors (Lipinski definition) is 0. The zero-order chi connectivity index (χ0) is 13.8. The van der Waals surface area contributed by atoms with Gasteiger partial charge in [0.15, 0.2) is 5.78 Å². The zero-order valence-corrected chi connectivity index (χ0v) is 11.8. The maximum atomic E-state index is 12.3. The van der Waals surface area contributed by atoms with Crippen molar-refractivity contribution in [3.63, 3.8) is 0 Å². The number of carbonyl (C=O) groups is 1. The highest BCUT2D eigenvalue weighted by atomic mass is 16.1. The Bertz CT molecular complexity index is 584. The molecular formula is C16H20N2O. The summed E-state index contributed by atoms with van der Waals surface area (Å²) in [6, 6.07) is 5.86. The van der Waals surface area contributed by atoms with Gasteiger partial charge in [0, 0.05) is 24.5 Å². The maximum absolute atomic E-state index is 12.3. The maximum Gasteiger partial charge on any atom is 0.170 e. The lowest BCUT2D eigenvalue weighted by Gasteiger charge is -2.07. The summed E-state index contributed by atoms with van der Waals surface area (Å²) in [6.07, 6.45) is 5.11. The van der Waals surface area contributed by atoms with Crippen molar-refractivity contribution in [1.29, 1.82) is 0 Å². The Morgan fingerprint density at radius 3 is 2.74 bits per heavy atom. The molecule has 2 rings (SSSR count). The van der Waals surface area contributed by atoms with E-state index in [1.54, 1.807) is 6.20 Å². The van der Waals surface area contributed by atoms with E-state index in [0.29, 0.717) is 6.42 Å². The fourth-order valence-corrected chi connectivity index (χ4v) is 2.11. The molecule has 0 N–H and O–H groups in total. The summed E-state index contributed by atoms with van der Waals surface area (Å²) in [5.74, 6) is 0.983. The topological polar surface area (TPSA) is 34.9 Å². The predicted molar refractivity (Wildman–Crippen MR) is 76.5 cm³/mol. The summed E-state index contributed by atoms with van der Waals surface area (Å²) in [6.45, 7) is 7.12. The molecule has 0 aliphatic rings. The molecule has 0 aliphatic carbocycles. The van der Waals surface area contributed by atoms with E-state index in [2.05, 4.69) is 23.4 Å². The van der Waals surface area contributed by atoms with Crippen LogP contribution in [0.2, 0.25) is 0 Å². The number of aromatic nitrogens is 2. The van der Waals surface area contributed by atoms with Gasteiger partial charge in [-0.15, -0.1) is 0 Å². The third-order valence-corrected chi connectivity index (χ3v) is 3.41. The zero-order valence-electron chi connectivity index (χ0n) is 11.8. The number of benzene rings is 1. The number of aryl methyl sites for hydroxylation is 3. The Kier molecular flexibility index (Phi) is 4.15. The van der Waals surface area contributed by atoms with Gasteiger partial charge in [-0.3, -0.25) is 4.79 Å². The van der Waals surface area contributed by atoms with E-state index in [1.807, 2.05) is 31.3 Å². The van der Waals surface area contributed by atoms with Gasteiger partial charge in [-0.05, 0) is 37.5 Å². The number of nitrogens with zero attached hydrogens (tertiary/aromatic N) is 2. The molecule has 3 nitrogen and oxygen atoms in total. The van der Waals surface area contributed by atoms with Gasteiger partial charge in [-0.25, -0.2) is 4.98 Å². The molecule has 0 saturated carbocycles. The van der Waals surface area contributed by atoms with Crippen LogP contribution in [0.5, 0.6) is 0 Å². The summed E-state index contributed by atoms with van der Waals surface area (Å²) < 4.78 is 2.05. The highest BCUT2D eigenvalue weighted by Crippen LogP contribution is 2.12. The number of ketones is 1. The van der Waals surface area contributed by atoms with Crippen molar-refractivity contribution in [2.75, 3.05) is 0 Å². The summed E-state index contributed by atoms with van der Waals surface area (Å²) in [5.41, 5.74) is 3.14. The van der Waals surface area contributed by atoms with Gasteiger partial charge in [0.2, 0.25) is 0 Å². The van der Waals surface area contributed by atoms with Crippen LogP contribution >= 0.6 is 0 Å². The fourth-order valence-electron chi connectivity index (χ4n) is 2.11. The Morgan fingerprint density at radius 2 is 2.05 bits per heavy atom. The van der Waals surface area contributed by atoms with E-state index >= 15 is 0 Å². The van der Waals surface area contributed by atoms with Crippen molar-refractivity contribution >= 4 is 5.78 Å². The minimum Gasteiger partial charge on any atom is -0.335 e. The van der Waals surface area contributed by atoms with Crippen molar-refractivity contribution < 1.29 is 4.79 Å². The SMILES string of the molecule is CCCn1ccnc1CC(=O)c1ccc(C)c(C)c1. The Hall–Kier alpha value is -1.90. The summed E-state index contributed by atoms with van der Waals surface area (Å²) >= 11 is 0. The highest BCUT2D eigenvalue weighted by molar-refractivity contribution is 5.97. The van der Waals surface area contributed by atoms with Gasteiger partial charge in [0.05, 0.1) is 6.42 Å². The molecule has 100 valence electrons. The molecule has 0 spiro atoms. The summed E-state index contributed by atoms with van der Waals surface area (Å²) in [5, 5.41) is 0. The Morgan fingerprint density at radius 1 is 1.26 bits per heavy atom. The molecule has 0 radical (unpaired) electrons. The third-order valence-electron chi connectivity index (χ3n) is 3.41. The summed E-state index contributed by atoms with van der Waals surface area (Å²) in [7, 11) is 0. The third kappa shape index (κ3) is 3.11. The van der Waals surface area contributed by atoms with E-state index in [1.165, 1.54) is 5.56 Å². The van der Waals surface area contributed by atoms with Gasteiger partial charge in [-0.1, -0.05) is 19.1 Å². The van der Waals surface area contributed by atoms with Crippen molar-refractivity contribution in [3.05, 3.63) is 53.1 Å². The lowest BCUT2D eigenvalue weighted by molar-refractivity contribution is 0.0989. The molecule has 1 aromatic heterocycles. The van der Waals surface area contributed by atoms with E-state index in [4.69, 9.17) is 0 Å². The van der Waals surface area contributed by atoms with Crippen LogP contribution in [0, 0.1) is 13.8 Å². The van der Waals surface area contributed by atoms with Crippen LogP contribution in [0.4, 0.5) is 0 Å². The number of carbonyl (C=O) groups excluding carboxylic acids is 1. The monoisotopic (exact) mass is 256 g/mol. The second kappa shape index (κ2) is 5.83.